The Bertz CT molecular complexity index is 1220. The minimum atomic E-state index is -5.00. The van der Waals surface area contributed by atoms with Gasteiger partial charge >= 0.3 is 12.1 Å². The number of halogens is 3. The molecule has 10 heteroatoms. The van der Waals surface area contributed by atoms with E-state index >= 15 is 0 Å². The highest BCUT2D eigenvalue weighted by atomic mass is 19.4. The second kappa shape index (κ2) is 10.6. The molecule has 0 unspecified atom stereocenters. The van der Waals surface area contributed by atoms with Crippen LogP contribution < -0.4 is 14.9 Å². The van der Waals surface area contributed by atoms with Gasteiger partial charge in [0, 0.05) is 12.7 Å². The third-order valence-corrected chi connectivity index (χ3v) is 4.61. The number of ether oxygens (including phenoxy) is 4. The molecule has 1 heterocycles. The molecular formula is C24H23F3O7. The van der Waals surface area contributed by atoms with Gasteiger partial charge in [-0.3, -0.25) is 4.79 Å². The van der Waals surface area contributed by atoms with E-state index in [9.17, 15) is 22.8 Å². The molecule has 0 saturated carbocycles. The number of benzene rings is 2. The number of rotatable bonds is 9. The lowest BCUT2D eigenvalue weighted by Crippen LogP contribution is -2.27. The van der Waals surface area contributed by atoms with Gasteiger partial charge in [-0.2, -0.15) is 13.2 Å². The van der Waals surface area contributed by atoms with E-state index in [1.54, 1.807) is 26.0 Å². The van der Waals surface area contributed by atoms with Crippen LogP contribution in [0.3, 0.4) is 0 Å². The van der Waals surface area contributed by atoms with Crippen LogP contribution in [0, 0.1) is 6.92 Å². The van der Waals surface area contributed by atoms with E-state index in [-0.39, 0.29) is 35.7 Å². The van der Waals surface area contributed by atoms with Crippen molar-refractivity contribution in [1.82, 2.24) is 0 Å². The molecule has 0 fully saturated rings. The Morgan fingerprint density at radius 1 is 1.09 bits per heavy atom. The van der Waals surface area contributed by atoms with Crippen LogP contribution in [-0.2, 0) is 20.4 Å². The van der Waals surface area contributed by atoms with Crippen molar-refractivity contribution in [2.45, 2.75) is 33.1 Å². The summed E-state index contributed by atoms with van der Waals surface area (Å²) in [6, 6.07) is 9.94. The molecule has 0 amide bonds. The van der Waals surface area contributed by atoms with E-state index in [4.69, 9.17) is 23.4 Å². The number of carbonyl (C=O) groups is 1. The van der Waals surface area contributed by atoms with Crippen LogP contribution in [0.1, 0.15) is 25.2 Å². The van der Waals surface area contributed by atoms with Gasteiger partial charge in [0.1, 0.15) is 23.7 Å². The first-order valence-corrected chi connectivity index (χ1v) is 10.4. The average Bonchev–Trinajstić information content (AvgIpc) is 2.77. The minimum absolute atomic E-state index is 0.0189. The first-order valence-electron chi connectivity index (χ1n) is 10.4. The fraction of sp³-hybridized carbons (Fsp3) is 0.333. The van der Waals surface area contributed by atoms with Crippen molar-refractivity contribution in [3.05, 3.63) is 64.0 Å². The van der Waals surface area contributed by atoms with Crippen molar-refractivity contribution in [3.8, 4) is 17.2 Å². The standard InChI is InChI=1S/C24H23F3O7/c1-4-30-10-11-31-23(29)15(3)32-17-8-9-18-19(13-17)34-22(24(25,26)27)21(20(18)28)33-16-7-5-6-14(2)12-16/h5-9,12-13,15H,4,10-11H2,1-3H3/t15-/m1/s1. The Morgan fingerprint density at radius 3 is 2.53 bits per heavy atom. The molecular weight excluding hydrogens is 457 g/mol. The molecule has 34 heavy (non-hydrogen) atoms. The first-order chi connectivity index (χ1) is 16.1. The highest BCUT2D eigenvalue weighted by molar-refractivity contribution is 5.80. The summed E-state index contributed by atoms with van der Waals surface area (Å²) in [4.78, 5) is 24.9. The summed E-state index contributed by atoms with van der Waals surface area (Å²) in [6.07, 6.45) is -6.06. The van der Waals surface area contributed by atoms with E-state index in [1.807, 2.05) is 0 Å². The summed E-state index contributed by atoms with van der Waals surface area (Å²) in [6.45, 7) is 5.69. The number of alkyl halides is 3. The quantitative estimate of drug-likeness (QED) is 0.305. The lowest BCUT2D eigenvalue weighted by molar-refractivity contribution is -0.154. The first kappa shape index (κ1) is 25.1. The van der Waals surface area contributed by atoms with E-state index in [2.05, 4.69) is 0 Å². The number of esters is 1. The highest BCUT2D eigenvalue weighted by Gasteiger charge is 2.40. The van der Waals surface area contributed by atoms with Crippen LogP contribution in [-0.4, -0.2) is 31.9 Å². The van der Waals surface area contributed by atoms with Crippen molar-refractivity contribution in [2.75, 3.05) is 19.8 Å². The molecule has 182 valence electrons. The van der Waals surface area contributed by atoms with Crippen LogP contribution in [0.15, 0.2) is 51.7 Å². The molecule has 0 N–H and O–H groups in total. The molecule has 3 rings (SSSR count). The molecule has 3 aromatic rings. The van der Waals surface area contributed by atoms with Crippen LogP contribution in [0.5, 0.6) is 17.2 Å². The van der Waals surface area contributed by atoms with Gasteiger partial charge in [0.05, 0.1) is 12.0 Å². The van der Waals surface area contributed by atoms with Crippen molar-refractivity contribution in [2.24, 2.45) is 0 Å². The largest absolute Gasteiger partial charge is 0.479 e. The van der Waals surface area contributed by atoms with Crippen LogP contribution >= 0.6 is 0 Å². The van der Waals surface area contributed by atoms with Crippen molar-refractivity contribution in [3.63, 3.8) is 0 Å². The summed E-state index contributed by atoms with van der Waals surface area (Å²) in [5, 5.41) is -0.144. The SMILES string of the molecule is CCOCCOC(=O)[C@@H](C)Oc1ccc2c(=O)c(Oc3cccc(C)c3)c(C(F)(F)F)oc2c1. The normalized spacial score (nSPS) is 12.4. The second-order valence-corrected chi connectivity index (χ2v) is 7.29. The molecule has 0 aliphatic carbocycles. The van der Waals surface area contributed by atoms with Gasteiger partial charge in [-0.1, -0.05) is 12.1 Å². The maximum atomic E-state index is 13.7. The lowest BCUT2D eigenvalue weighted by atomic mass is 10.2. The summed E-state index contributed by atoms with van der Waals surface area (Å²) >= 11 is 0. The maximum absolute atomic E-state index is 13.7. The van der Waals surface area contributed by atoms with Crippen molar-refractivity contribution >= 4 is 16.9 Å². The maximum Gasteiger partial charge on any atom is 0.453 e. The monoisotopic (exact) mass is 480 g/mol. The Hall–Kier alpha value is -3.53. The van der Waals surface area contributed by atoms with Gasteiger partial charge in [0.15, 0.2) is 6.10 Å². The molecule has 0 radical (unpaired) electrons. The van der Waals surface area contributed by atoms with Gasteiger partial charge in [0.25, 0.3) is 5.76 Å². The molecule has 0 aliphatic rings. The number of fused-ring (bicyclic) bond motifs is 1. The summed E-state index contributed by atoms with van der Waals surface area (Å²) in [5.74, 6) is -3.14. The molecule has 0 bridgehead atoms. The van der Waals surface area contributed by atoms with E-state index in [0.29, 0.717) is 6.61 Å². The Morgan fingerprint density at radius 2 is 1.85 bits per heavy atom. The Balaban J connectivity index is 1.91. The highest BCUT2D eigenvalue weighted by Crippen LogP contribution is 2.38. The molecule has 1 aromatic heterocycles. The predicted molar refractivity (Wildman–Crippen MR) is 116 cm³/mol. The topological polar surface area (TPSA) is 84.2 Å². The Kier molecular flexibility index (Phi) is 7.83. The molecule has 0 aliphatic heterocycles. The zero-order chi connectivity index (χ0) is 24.9. The van der Waals surface area contributed by atoms with Crippen molar-refractivity contribution in [1.29, 1.82) is 0 Å². The van der Waals surface area contributed by atoms with Crippen LogP contribution in [0.2, 0.25) is 0 Å². The molecule has 1 atom stereocenters. The van der Waals surface area contributed by atoms with Crippen LogP contribution in [0.25, 0.3) is 11.0 Å². The van der Waals surface area contributed by atoms with Crippen molar-refractivity contribution < 1.29 is 41.3 Å². The molecule has 7 nitrogen and oxygen atoms in total. The van der Waals surface area contributed by atoms with Gasteiger partial charge in [-0.05, 0) is 50.6 Å². The van der Waals surface area contributed by atoms with Gasteiger partial charge < -0.3 is 23.4 Å². The predicted octanol–water partition coefficient (Wildman–Crippen LogP) is 5.26. The fourth-order valence-electron chi connectivity index (χ4n) is 3.02. The smallest absolute Gasteiger partial charge is 0.453 e. The zero-order valence-electron chi connectivity index (χ0n) is 18.7. The number of aryl methyl sites for hydroxylation is 1. The third kappa shape index (κ3) is 6.07. The third-order valence-electron chi connectivity index (χ3n) is 4.61. The van der Waals surface area contributed by atoms with Gasteiger partial charge in [0.2, 0.25) is 11.2 Å². The average molecular weight is 480 g/mol. The van der Waals surface area contributed by atoms with Gasteiger partial charge in [-0.25, -0.2) is 4.79 Å². The molecule has 2 aromatic carbocycles. The second-order valence-electron chi connectivity index (χ2n) is 7.29. The fourth-order valence-corrected chi connectivity index (χ4v) is 3.02. The number of hydrogen-bond acceptors (Lipinski definition) is 7. The summed E-state index contributed by atoms with van der Waals surface area (Å²) < 4.78 is 67.0. The molecule has 0 spiro atoms. The lowest BCUT2D eigenvalue weighted by Gasteiger charge is -2.16. The van der Waals surface area contributed by atoms with E-state index in [0.717, 1.165) is 11.6 Å². The number of hydrogen-bond donors (Lipinski definition) is 0. The van der Waals surface area contributed by atoms with E-state index in [1.165, 1.54) is 31.2 Å². The molecule has 0 saturated heterocycles. The van der Waals surface area contributed by atoms with Crippen LogP contribution in [0.4, 0.5) is 13.2 Å². The number of carbonyl (C=O) groups excluding carboxylic acids is 1. The summed E-state index contributed by atoms with van der Waals surface area (Å²) in [7, 11) is 0. The minimum Gasteiger partial charge on any atom is -0.479 e. The van der Waals surface area contributed by atoms with Gasteiger partial charge in [-0.15, -0.1) is 0 Å². The Labute approximate surface area is 193 Å². The zero-order valence-corrected chi connectivity index (χ0v) is 18.7. The summed E-state index contributed by atoms with van der Waals surface area (Å²) in [5.41, 5.74) is -0.628. The van der Waals surface area contributed by atoms with E-state index < -0.39 is 35.2 Å².